The third kappa shape index (κ3) is 5.51. The number of hydrogen-bond donors (Lipinski definition) is 0. The van der Waals surface area contributed by atoms with Crippen molar-refractivity contribution in [3.05, 3.63) is 60.9 Å². The van der Waals surface area contributed by atoms with Crippen molar-refractivity contribution in [3.8, 4) is 0 Å². The van der Waals surface area contributed by atoms with E-state index in [0.29, 0.717) is 28.3 Å². The van der Waals surface area contributed by atoms with Crippen LogP contribution in [0, 0.1) is 27.2 Å². The molecule has 0 aliphatic rings. The maximum Gasteiger partial charge on any atom is 0.0733 e. The minimum atomic E-state index is -1.59. The smallest absolute Gasteiger partial charge is 0.0733 e. The van der Waals surface area contributed by atoms with E-state index in [9.17, 15) is 0 Å². The fourth-order valence-corrected chi connectivity index (χ4v) is 16.1. The molecule has 0 aromatic heterocycles. The molecule has 0 aliphatic heterocycles. The molecule has 0 saturated heterocycles. The molecule has 34 heavy (non-hydrogen) atoms. The van der Waals surface area contributed by atoms with Crippen molar-refractivity contribution in [2.24, 2.45) is 0 Å². The molecular formula is C31H51P3. The Kier molecular flexibility index (Phi) is 10.1. The second-order valence-corrected chi connectivity index (χ2v) is 23.2. The normalized spacial score (nSPS) is 13.4. The Hall–Kier alpha value is -0.270. The standard InChI is InChI=1S/C31H51P3/c1-21(2)32(28-17-15-26(11)19-30(28)33(13,22(3)4)23(5)6)29-18-16-27(12)20-31(29)34(14,24(7)8)25(9)10/h15-25H,13-14H2,1-12H3. The largest absolute Gasteiger partial charge is 0.174 e. The van der Waals surface area contributed by atoms with Crippen LogP contribution in [0.15, 0.2) is 36.4 Å². The van der Waals surface area contributed by atoms with E-state index < -0.39 is 22.4 Å². The first kappa shape index (κ1) is 30.0. The first-order valence-corrected chi connectivity index (χ1v) is 18.7. The van der Waals surface area contributed by atoms with E-state index in [0.717, 1.165) is 0 Å². The third-order valence-electron chi connectivity index (χ3n) is 7.88. The van der Waals surface area contributed by atoms with Gasteiger partial charge in [-0.1, -0.05) is 52.6 Å². The van der Waals surface area contributed by atoms with Crippen molar-refractivity contribution in [1.82, 2.24) is 0 Å². The van der Waals surface area contributed by atoms with Crippen LogP contribution in [0.2, 0.25) is 0 Å². The van der Waals surface area contributed by atoms with Crippen LogP contribution in [-0.4, -0.2) is 28.3 Å². The Labute approximate surface area is 215 Å². The molecule has 0 N–H and O–H groups in total. The van der Waals surface area contributed by atoms with Crippen LogP contribution in [0.25, 0.3) is 0 Å². The Balaban J connectivity index is 2.97. The third-order valence-corrected chi connectivity index (χ3v) is 21.0. The van der Waals surface area contributed by atoms with Crippen LogP contribution < -0.4 is 21.2 Å². The Bertz CT molecular complexity index is 877. The molecule has 2 aromatic rings. The van der Waals surface area contributed by atoms with Crippen molar-refractivity contribution < 1.29 is 0 Å². The van der Waals surface area contributed by atoms with E-state index in [-0.39, 0.29) is 0 Å². The molecular weight excluding hydrogens is 465 g/mol. The molecule has 0 heterocycles. The summed E-state index contributed by atoms with van der Waals surface area (Å²) in [6.07, 6.45) is 0. The summed E-state index contributed by atoms with van der Waals surface area (Å²) in [5.74, 6) is 0. The lowest BCUT2D eigenvalue weighted by Gasteiger charge is -2.43. The summed E-state index contributed by atoms with van der Waals surface area (Å²) >= 11 is 0. The minimum Gasteiger partial charge on any atom is -0.174 e. The summed E-state index contributed by atoms with van der Waals surface area (Å²) in [6, 6.07) is 14.6. The number of rotatable bonds is 9. The molecule has 0 amide bonds. The van der Waals surface area contributed by atoms with Gasteiger partial charge in [0.05, 0.1) is 10.6 Å². The quantitative estimate of drug-likeness (QED) is 0.231. The summed E-state index contributed by atoms with van der Waals surface area (Å²) in [6.45, 7) is 38.6. The van der Waals surface area contributed by atoms with E-state index in [1.807, 2.05) is 0 Å². The lowest BCUT2D eigenvalue weighted by atomic mass is 10.2. The Morgan fingerprint density at radius 1 is 0.559 bits per heavy atom. The molecule has 0 unspecified atom stereocenters. The van der Waals surface area contributed by atoms with Crippen LogP contribution in [0.5, 0.6) is 0 Å². The van der Waals surface area contributed by atoms with Crippen molar-refractivity contribution in [2.45, 2.75) is 111 Å². The predicted octanol–water partition coefficient (Wildman–Crippen LogP) is 8.65. The first-order valence-electron chi connectivity index (χ1n) is 13.1. The first-order chi connectivity index (χ1) is 15.6. The zero-order valence-electron chi connectivity index (χ0n) is 24.1. The van der Waals surface area contributed by atoms with Gasteiger partial charge in [0.2, 0.25) is 0 Å². The minimum absolute atomic E-state index is 0.528. The van der Waals surface area contributed by atoms with Gasteiger partial charge in [0, 0.05) is 33.2 Å². The van der Waals surface area contributed by atoms with Crippen LogP contribution >= 0.6 is 22.4 Å². The molecule has 0 atom stereocenters. The summed E-state index contributed by atoms with van der Waals surface area (Å²) < 4.78 is 0. The molecule has 0 fully saturated rings. The van der Waals surface area contributed by atoms with Crippen LogP contribution in [0.1, 0.15) is 80.4 Å². The second-order valence-electron chi connectivity index (χ2n) is 11.7. The molecule has 0 aliphatic carbocycles. The monoisotopic (exact) mass is 516 g/mol. The van der Waals surface area contributed by atoms with Crippen molar-refractivity contribution >= 4 is 43.7 Å². The molecule has 0 saturated carbocycles. The second kappa shape index (κ2) is 11.4. The van der Waals surface area contributed by atoms with Gasteiger partial charge in [-0.2, -0.15) is 13.3 Å². The zero-order chi connectivity index (χ0) is 26.2. The number of benzene rings is 2. The summed E-state index contributed by atoms with van der Waals surface area (Å²) in [4.78, 5) is 0. The average Bonchev–Trinajstić information content (AvgIpc) is 2.73. The Morgan fingerprint density at radius 2 is 0.853 bits per heavy atom. The molecule has 2 aromatic carbocycles. The van der Waals surface area contributed by atoms with Gasteiger partial charge in [-0.05, 0) is 106 Å². The maximum absolute atomic E-state index is 5.03. The highest BCUT2D eigenvalue weighted by atomic mass is 31.2. The molecule has 0 spiro atoms. The van der Waals surface area contributed by atoms with Gasteiger partial charge in [0.25, 0.3) is 0 Å². The maximum atomic E-state index is 5.03. The van der Waals surface area contributed by atoms with Gasteiger partial charge < -0.3 is 0 Å². The molecule has 0 nitrogen and oxygen atoms in total. The van der Waals surface area contributed by atoms with Crippen LogP contribution in [0.3, 0.4) is 0 Å². The van der Waals surface area contributed by atoms with E-state index in [1.54, 1.807) is 21.2 Å². The van der Waals surface area contributed by atoms with Gasteiger partial charge >= 0.3 is 0 Å². The van der Waals surface area contributed by atoms with Gasteiger partial charge in [-0.25, -0.2) is 0 Å². The molecule has 190 valence electrons. The van der Waals surface area contributed by atoms with E-state index in [4.69, 9.17) is 13.3 Å². The van der Waals surface area contributed by atoms with Gasteiger partial charge in [0.15, 0.2) is 0 Å². The highest BCUT2D eigenvalue weighted by Crippen LogP contribution is 2.66. The Morgan fingerprint density at radius 3 is 1.09 bits per heavy atom. The zero-order valence-corrected chi connectivity index (χ0v) is 26.8. The molecule has 2 rings (SSSR count). The SMILES string of the molecule is [CH2-][P+](c1cc(C)ccc1P(c1ccc(C)cc1[P+]([CH2-])(C(C)C)C(C)C)C(C)C)(C(C)C)C(C)C. The number of aryl methyl sites for hydroxylation is 2. The van der Waals surface area contributed by atoms with Gasteiger partial charge in [-0.15, -0.1) is 0 Å². The summed E-state index contributed by atoms with van der Waals surface area (Å²) in [5, 5.41) is 6.30. The molecule has 0 bridgehead atoms. The summed E-state index contributed by atoms with van der Waals surface area (Å²) in [7, 11) is -3.70. The fourth-order valence-electron chi connectivity index (χ4n) is 5.33. The average molecular weight is 517 g/mol. The van der Waals surface area contributed by atoms with E-state index in [1.165, 1.54) is 11.1 Å². The lowest BCUT2D eigenvalue weighted by molar-refractivity contribution is 1.00. The van der Waals surface area contributed by atoms with Crippen molar-refractivity contribution in [3.63, 3.8) is 0 Å². The topological polar surface area (TPSA) is 0 Å². The summed E-state index contributed by atoms with van der Waals surface area (Å²) in [5.41, 5.74) is 5.55. The molecule has 3 heteroatoms. The van der Waals surface area contributed by atoms with Crippen molar-refractivity contribution in [2.75, 3.05) is 0 Å². The fraction of sp³-hybridized carbons (Fsp3) is 0.548. The highest BCUT2D eigenvalue weighted by Gasteiger charge is 2.42. The van der Waals surface area contributed by atoms with Gasteiger partial charge in [0.1, 0.15) is 0 Å². The van der Waals surface area contributed by atoms with Crippen molar-refractivity contribution in [1.29, 1.82) is 0 Å². The highest BCUT2D eigenvalue weighted by molar-refractivity contribution is 7.89. The lowest BCUT2D eigenvalue weighted by Crippen LogP contribution is -2.41. The number of hydrogen-bond acceptors (Lipinski definition) is 0. The van der Waals surface area contributed by atoms with E-state index >= 15 is 0 Å². The van der Waals surface area contributed by atoms with E-state index in [2.05, 4.69) is 119 Å². The van der Waals surface area contributed by atoms with Crippen LogP contribution in [-0.2, 0) is 0 Å². The molecule has 0 radical (unpaired) electrons. The van der Waals surface area contributed by atoms with Gasteiger partial charge in [-0.3, -0.25) is 0 Å². The predicted molar refractivity (Wildman–Crippen MR) is 168 cm³/mol. The van der Waals surface area contributed by atoms with Crippen LogP contribution in [0.4, 0.5) is 0 Å².